The molecule has 1 aliphatic rings. The van der Waals surface area contributed by atoms with Crippen molar-refractivity contribution in [2.75, 3.05) is 23.4 Å². The number of hydrogen-bond acceptors (Lipinski definition) is 4. The average Bonchev–Trinajstić information content (AvgIpc) is 2.29. The molecule has 1 aromatic carbocycles. The van der Waals surface area contributed by atoms with Gasteiger partial charge >= 0.3 is 0 Å². The first-order chi connectivity index (χ1) is 8.05. The van der Waals surface area contributed by atoms with Crippen LogP contribution in [-0.2, 0) is 9.84 Å². The number of hydrogen-bond donors (Lipinski definition) is 2. The van der Waals surface area contributed by atoms with Crippen molar-refractivity contribution < 1.29 is 8.42 Å². The Kier molecular flexibility index (Phi) is 3.40. The van der Waals surface area contributed by atoms with Gasteiger partial charge in [-0.1, -0.05) is 18.2 Å². The van der Waals surface area contributed by atoms with Gasteiger partial charge in [0, 0.05) is 12.2 Å². The largest absolute Gasteiger partial charge is 0.377 e. The highest BCUT2D eigenvalue weighted by atomic mass is 32.2. The second-order valence-corrected chi connectivity index (χ2v) is 6.86. The third-order valence-corrected chi connectivity index (χ3v) is 5.08. The van der Waals surface area contributed by atoms with Gasteiger partial charge in [0.05, 0.1) is 17.0 Å². The molecule has 4 nitrogen and oxygen atoms in total. The van der Waals surface area contributed by atoms with Crippen molar-refractivity contribution in [1.82, 2.24) is 0 Å². The molecule has 3 N–H and O–H groups in total. The van der Waals surface area contributed by atoms with Crippen molar-refractivity contribution in [1.29, 1.82) is 0 Å². The van der Waals surface area contributed by atoms with E-state index in [-0.39, 0.29) is 11.5 Å². The summed E-state index contributed by atoms with van der Waals surface area (Å²) in [5, 5.41) is 3.30. The van der Waals surface area contributed by atoms with Gasteiger partial charge in [0.1, 0.15) is 0 Å². The van der Waals surface area contributed by atoms with Crippen molar-refractivity contribution in [3.05, 3.63) is 30.3 Å². The highest BCUT2D eigenvalue weighted by molar-refractivity contribution is 7.91. The van der Waals surface area contributed by atoms with E-state index in [0.29, 0.717) is 13.0 Å². The predicted octanol–water partition coefficient (Wildman–Crippen LogP) is 1.00. The molecule has 1 saturated heterocycles. The number of sulfone groups is 1. The number of nitrogens with two attached hydrogens (primary N) is 1. The zero-order valence-corrected chi connectivity index (χ0v) is 10.5. The zero-order valence-electron chi connectivity index (χ0n) is 9.72. The lowest BCUT2D eigenvalue weighted by Crippen LogP contribution is -2.53. The standard InChI is InChI=1S/C12H18N2O2S/c13-9-12(7-4-8-17(15,16)10-12)14-11-5-2-1-3-6-11/h1-3,5-6,14H,4,7-10,13H2. The molecule has 0 spiro atoms. The van der Waals surface area contributed by atoms with Gasteiger partial charge < -0.3 is 11.1 Å². The van der Waals surface area contributed by atoms with Crippen LogP contribution in [0.1, 0.15) is 12.8 Å². The SMILES string of the molecule is NCC1(Nc2ccccc2)CCCS(=O)(=O)C1. The topological polar surface area (TPSA) is 72.2 Å². The fourth-order valence-corrected chi connectivity index (χ4v) is 4.24. The minimum atomic E-state index is -2.97. The van der Waals surface area contributed by atoms with Crippen LogP contribution in [0.2, 0.25) is 0 Å². The smallest absolute Gasteiger partial charge is 0.152 e. The summed E-state index contributed by atoms with van der Waals surface area (Å²) >= 11 is 0. The summed E-state index contributed by atoms with van der Waals surface area (Å²) < 4.78 is 23.4. The molecule has 0 amide bonds. The van der Waals surface area contributed by atoms with E-state index in [9.17, 15) is 8.42 Å². The first-order valence-corrected chi connectivity index (χ1v) is 7.61. The average molecular weight is 254 g/mol. The van der Waals surface area contributed by atoms with Crippen LogP contribution < -0.4 is 11.1 Å². The van der Waals surface area contributed by atoms with Crippen LogP contribution >= 0.6 is 0 Å². The molecule has 94 valence electrons. The molecule has 1 aromatic rings. The Bertz CT molecular complexity index is 473. The van der Waals surface area contributed by atoms with Crippen LogP contribution in [0.3, 0.4) is 0 Å². The monoisotopic (exact) mass is 254 g/mol. The third kappa shape index (κ3) is 2.98. The van der Waals surface area contributed by atoms with Gasteiger partial charge in [-0.2, -0.15) is 0 Å². The van der Waals surface area contributed by atoms with Crippen LogP contribution in [-0.4, -0.2) is 32.0 Å². The van der Waals surface area contributed by atoms with Gasteiger partial charge in [-0.15, -0.1) is 0 Å². The lowest BCUT2D eigenvalue weighted by atomic mass is 9.95. The Hall–Kier alpha value is -1.07. The minimum absolute atomic E-state index is 0.130. The van der Waals surface area contributed by atoms with Crippen molar-refractivity contribution in [2.24, 2.45) is 5.73 Å². The normalized spacial score (nSPS) is 27.6. The molecule has 1 aliphatic heterocycles. The molecule has 0 aromatic heterocycles. The Balaban J connectivity index is 2.20. The molecule has 5 heteroatoms. The predicted molar refractivity (Wildman–Crippen MR) is 69.7 cm³/mol. The minimum Gasteiger partial charge on any atom is -0.377 e. The number of rotatable bonds is 3. The van der Waals surface area contributed by atoms with E-state index in [4.69, 9.17) is 5.73 Å². The number of anilines is 1. The van der Waals surface area contributed by atoms with Crippen LogP contribution in [0.4, 0.5) is 5.69 Å². The zero-order chi connectivity index (χ0) is 12.4. The lowest BCUT2D eigenvalue weighted by molar-refractivity contribution is 0.450. The molecule has 0 aliphatic carbocycles. The van der Waals surface area contributed by atoms with E-state index in [1.807, 2.05) is 30.3 Å². The van der Waals surface area contributed by atoms with Crippen LogP contribution in [0.5, 0.6) is 0 Å². The second kappa shape index (κ2) is 4.66. The first-order valence-electron chi connectivity index (χ1n) is 5.79. The summed E-state index contributed by atoms with van der Waals surface area (Å²) in [5.74, 6) is 0.413. The van der Waals surface area contributed by atoms with Crippen molar-refractivity contribution in [2.45, 2.75) is 18.4 Å². The van der Waals surface area contributed by atoms with E-state index in [0.717, 1.165) is 12.1 Å². The third-order valence-electron chi connectivity index (χ3n) is 3.18. The summed E-state index contributed by atoms with van der Waals surface area (Å²) in [7, 11) is -2.97. The van der Waals surface area contributed by atoms with Crippen molar-refractivity contribution in [3.8, 4) is 0 Å². The highest BCUT2D eigenvalue weighted by Gasteiger charge is 2.37. The quantitative estimate of drug-likeness (QED) is 0.844. The molecular weight excluding hydrogens is 236 g/mol. The number of nitrogens with one attached hydrogen (secondary N) is 1. The maximum Gasteiger partial charge on any atom is 0.152 e. The van der Waals surface area contributed by atoms with Gasteiger partial charge in [0.2, 0.25) is 0 Å². The summed E-state index contributed by atoms with van der Waals surface area (Å²) in [5.41, 5.74) is 6.20. The molecule has 17 heavy (non-hydrogen) atoms. The second-order valence-electron chi connectivity index (χ2n) is 4.67. The fourth-order valence-electron chi connectivity index (χ4n) is 2.33. The van der Waals surface area contributed by atoms with E-state index in [2.05, 4.69) is 5.32 Å². The van der Waals surface area contributed by atoms with Gasteiger partial charge in [-0.25, -0.2) is 8.42 Å². The lowest BCUT2D eigenvalue weighted by Gasteiger charge is -2.37. The molecule has 1 heterocycles. The van der Waals surface area contributed by atoms with Gasteiger partial charge in [0.15, 0.2) is 9.84 Å². The van der Waals surface area contributed by atoms with E-state index >= 15 is 0 Å². The van der Waals surface area contributed by atoms with E-state index in [1.165, 1.54) is 0 Å². The Labute approximate surface area is 102 Å². The molecule has 1 fully saturated rings. The van der Waals surface area contributed by atoms with Gasteiger partial charge in [0.25, 0.3) is 0 Å². The van der Waals surface area contributed by atoms with E-state index < -0.39 is 15.4 Å². The molecule has 0 saturated carbocycles. The first kappa shape index (κ1) is 12.4. The Morgan fingerprint density at radius 1 is 1.29 bits per heavy atom. The van der Waals surface area contributed by atoms with Crippen molar-refractivity contribution in [3.63, 3.8) is 0 Å². The Morgan fingerprint density at radius 2 is 2.00 bits per heavy atom. The fraction of sp³-hybridized carbons (Fsp3) is 0.500. The molecular formula is C12H18N2O2S. The van der Waals surface area contributed by atoms with Crippen molar-refractivity contribution >= 4 is 15.5 Å². The van der Waals surface area contributed by atoms with Gasteiger partial charge in [-0.05, 0) is 25.0 Å². The number of benzene rings is 1. The van der Waals surface area contributed by atoms with Crippen LogP contribution in [0.15, 0.2) is 30.3 Å². The summed E-state index contributed by atoms with van der Waals surface area (Å²) in [6, 6.07) is 9.63. The molecule has 2 rings (SSSR count). The summed E-state index contributed by atoms with van der Waals surface area (Å²) in [4.78, 5) is 0. The summed E-state index contributed by atoms with van der Waals surface area (Å²) in [6.45, 7) is 0.334. The van der Waals surface area contributed by atoms with Gasteiger partial charge in [-0.3, -0.25) is 0 Å². The Morgan fingerprint density at radius 3 is 2.59 bits per heavy atom. The summed E-state index contributed by atoms with van der Waals surface area (Å²) in [6.07, 6.45) is 1.48. The van der Waals surface area contributed by atoms with Crippen LogP contribution in [0.25, 0.3) is 0 Å². The molecule has 0 radical (unpaired) electrons. The molecule has 0 bridgehead atoms. The maximum atomic E-state index is 11.7. The molecule has 1 unspecified atom stereocenters. The number of para-hydroxylation sites is 1. The highest BCUT2D eigenvalue weighted by Crippen LogP contribution is 2.26. The van der Waals surface area contributed by atoms with Crippen LogP contribution in [0, 0.1) is 0 Å². The molecule has 1 atom stereocenters. The van der Waals surface area contributed by atoms with E-state index in [1.54, 1.807) is 0 Å². The maximum absolute atomic E-state index is 11.7.